The summed E-state index contributed by atoms with van der Waals surface area (Å²) in [5, 5.41) is 2.77. The molecular weight excluding hydrogens is 262 g/mol. The van der Waals surface area contributed by atoms with Gasteiger partial charge in [-0.2, -0.15) is 0 Å². The predicted octanol–water partition coefficient (Wildman–Crippen LogP) is 3.23. The summed E-state index contributed by atoms with van der Waals surface area (Å²) >= 11 is 0. The summed E-state index contributed by atoms with van der Waals surface area (Å²) in [6, 6.07) is 14.2. The second-order valence-corrected chi connectivity index (χ2v) is 5.22. The van der Waals surface area contributed by atoms with Crippen molar-refractivity contribution in [2.75, 3.05) is 12.4 Å². The van der Waals surface area contributed by atoms with Gasteiger partial charge in [-0.15, -0.1) is 0 Å². The Hall–Kier alpha value is -2.20. The van der Waals surface area contributed by atoms with Crippen molar-refractivity contribution >= 4 is 11.6 Å². The number of carbonyl (C=O) groups excluding carboxylic acids is 1. The average Bonchev–Trinajstić information content (AvgIpc) is 2.49. The Bertz CT molecular complexity index is 581. The van der Waals surface area contributed by atoms with Gasteiger partial charge in [0.2, 0.25) is 5.91 Å². The molecule has 4 nitrogen and oxygen atoms in total. The van der Waals surface area contributed by atoms with E-state index in [2.05, 4.69) is 29.2 Å². The molecular formula is C17H21N3O. The van der Waals surface area contributed by atoms with E-state index in [1.165, 1.54) is 12.5 Å². The number of benzene rings is 1. The number of hydrogen-bond donors (Lipinski definition) is 1. The molecule has 0 fully saturated rings. The molecule has 2 aromatic rings. The second kappa shape index (κ2) is 6.99. The monoisotopic (exact) mass is 283 g/mol. The molecule has 0 radical (unpaired) electrons. The second-order valence-electron chi connectivity index (χ2n) is 5.22. The normalized spacial score (nSPS) is 12.2. The maximum atomic E-state index is 11.0. The third kappa shape index (κ3) is 4.39. The van der Waals surface area contributed by atoms with Crippen molar-refractivity contribution < 1.29 is 4.79 Å². The Morgan fingerprint density at radius 1 is 1.24 bits per heavy atom. The highest BCUT2D eigenvalue weighted by atomic mass is 16.1. The van der Waals surface area contributed by atoms with Gasteiger partial charge in [-0.05, 0) is 43.8 Å². The Morgan fingerprint density at radius 2 is 1.95 bits per heavy atom. The molecule has 0 aliphatic carbocycles. The Morgan fingerprint density at radius 3 is 2.52 bits per heavy atom. The number of amides is 1. The van der Waals surface area contributed by atoms with Crippen LogP contribution in [0.1, 0.15) is 31.1 Å². The fourth-order valence-corrected chi connectivity index (χ4v) is 2.17. The van der Waals surface area contributed by atoms with Crippen molar-refractivity contribution in [1.29, 1.82) is 0 Å². The lowest BCUT2D eigenvalue weighted by molar-refractivity contribution is -0.114. The summed E-state index contributed by atoms with van der Waals surface area (Å²) in [7, 11) is 2.08. The molecule has 1 atom stereocenters. The maximum Gasteiger partial charge on any atom is 0.221 e. The highest BCUT2D eigenvalue weighted by Gasteiger charge is 2.12. The van der Waals surface area contributed by atoms with Gasteiger partial charge in [0.25, 0.3) is 0 Å². The highest BCUT2D eigenvalue weighted by Crippen LogP contribution is 2.19. The smallest absolute Gasteiger partial charge is 0.221 e. The first-order valence-corrected chi connectivity index (χ1v) is 7.04. The first-order valence-electron chi connectivity index (χ1n) is 7.04. The molecule has 2 rings (SSSR count). The lowest BCUT2D eigenvalue weighted by Crippen LogP contribution is -2.22. The average molecular weight is 283 g/mol. The molecule has 1 amide bonds. The number of anilines is 1. The van der Waals surface area contributed by atoms with E-state index in [0.717, 1.165) is 17.9 Å². The maximum absolute atomic E-state index is 11.0. The summed E-state index contributed by atoms with van der Waals surface area (Å²) < 4.78 is 0. The van der Waals surface area contributed by atoms with Crippen LogP contribution < -0.4 is 5.32 Å². The number of pyridine rings is 1. The van der Waals surface area contributed by atoms with E-state index in [9.17, 15) is 4.79 Å². The molecule has 1 heterocycles. The van der Waals surface area contributed by atoms with Crippen molar-refractivity contribution in [3.05, 3.63) is 59.9 Å². The predicted molar refractivity (Wildman–Crippen MR) is 84.9 cm³/mol. The summed E-state index contributed by atoms with van der Waals surface area (Å²) in [4.78, 5) is 17.6. The Labute approximate surface area is 125 Å². The van der Waals surface area contributed by atoms with E-state index in [1.54, 1.807) is 0 Å². The first kappa shape index (κ1) is 15.2. The van der Waals surface area contributed by atoms with Gasteiger partial charge in [0, 0.05) is 31.4 Å². The number of carbonyl (C=O) groups is 1. The first-order chi connectivity index (χ1) is 10.1. The number of rotatable bonds is 5. The summed E-state index contributed by atoms with van der Waals surface area (Å²) in [5.41, 5.74) is 3.09. The fourth-order valence-electron chi connectivity index (χ4n) is 2.17. The topological polar surface area (TPSA) is 45.2 Å². The molecule has 21 heavy (non-hydrogen) atoms. The quantitative estimate of drug-likeness (QED) is 0.916. The molecule has 1 unspecified atom stereocenters. The zero-order valence-electron chi connectivity index (χ0n) is 12.7. The zero-order valence-corrected chi connectivity index (χ0v) is 12.7. The molecule has 0 saturated heterocycles. The summed E-state index contributed by atoms with van der Waals surface area (Å²) in [6.45, 7) is 4.49. The van der Waals surface area contributed by atoms with E-state index in [-0.39, 0.29) is 11.9 Å². The van der Waals surface area contributed by atoms with Gasteiger partial charge < -0.3 is 5.32 Å². The molecule has 0 aliphatic heterocycles. The molecule has 0 bridgehead atoms. The van der Waals surface area contributed by atoms with Crippen LogP contribution in [0.4, 0.5) is 5.69 Å². The molecule has 1 aromatic heterocycles. The van der Waals surface area contributed by atoms with Crippen molar-refractivity contribution in [3.63, 3.8) is 0 Å². The van der Waals surface area contributed by atoms with Gasteiger partial charge in [0.15, 0.2) is 0 Å². The minimum absolute atomic E-state index is 0.0522. The molecule has 0 aliphatic rings. The number of hydrogen-bond acceptors (Lipinski definition) is 3. The standard InChI is InChI=1S/C17H21N3O/c1-13(17-6-4-5-11-18-17)20(3)12-15-7-9-16(10-8-15)19-14(2)21/h4-11,13H,12H2,1-3H3,(H,19,21). The van der Waals surface area contributed by atoms with Crippen LogP contribution in [0.2, 0.25) is 0 Å². The largest absolute Gasteiger partial charge is 0.326 e. The third-order valence-electron chi connectivity index (χ3n) is 3.48. The summed E-state index contributed by atoms with van der Waals surface area (Å²) in [6.07, 6.45) is 1.82. The van der Waals surface area contributed by atoms with Crippen LogP contribution in [-0.2, 0) is 11.3 Å². The molecule has 110 valence electrons. The van der Waals surface area contributed by atoms with Gasteiger partial charge in [-0.25, -0.2) is 0 Å². The minimum atomic E-state index is -0.0522. The van der Waals surface area contributed by atoms with Crippen LogP contribution in [0.3, 0.4) is 0 Å². The van der Waals surface area contributed by atoms with Crippen LogP contribution in [0, 0.1) is 0 Å². The zero-order chi connectivity index (χ0) is 15.2. The number of nitrogens with one attached hydrogen (secondary N) is 1. The number of nitrogens with zero attached hydrogens (tertiary/aromatic N) is 2. The fraction of sp³-hybridized carbons (Fsp3) is 0.294. The van der Waals surface area contributed by atoms with Gasteiger partial charge in [0.1, 0.15) is 0 Å². The van der Waals surface area contributed by atoms with Crippen LogP contribution in [0.15, 0.2) is 48.7 Å². The van der Waals surface area contributed by atoms with E-state index in [4.69, 9.17) is 0 Å². The van der Waals surface area contributed by atoms with Gasteiger partial charge in [-0.1, -0.05) is 18.2 Å². The van der Waals surface area contributed by atoms with E-state index < -0.39 is 0 Å². The van der Waals surface area contributed by atoms with Crippen LogP contribution in [0.25, 0.3) is 0 Å². The van der Waals surface area contributed by atoms with Crippen LogP contribution >= 0.6 is 0 Å². The molecule has 1 aromatic carbocycles. The van der Waals surface area contributed by atoms with Crippen LogP contribution in [-0.4, -0.2) is 22.8 Å². The van der Waals surface area contributed by atoms with E-state index in [0.29, 0.717) is 0 Å². The van der Waals surface area contributed by atoms with E-state index in [1.807, 2.05) is 48.7 Å². The van der Waals surface area contributed by atoms with Gasteiger partial charge in [-0.3, -0.25) is 14.7 Å². The Kier molecular flexibility index (Phi) is 5.06. The molecule has 4 heteroatoms. The SMILES string of the molecule is CC(=O)Nc1ccc(CN(C)C(C)c2ccccn2)cc1. The minimum Gasteiger partial charge on any atom is -0.326 e. The molecule has 0 spiro atoms. The Balaban J connectivity index is 1.99. The van der Waals surface area contributed by atoms with Crippen molar-refractivity contribution in [1.82, 2.24) is 9.88 Å². The number of aromatic nitrogens is 1. The van der Waals surface area contributed by atoms with Crippen LogP contribution in [0.5, 0.6) is 0 Å². The van der Waals surface area contributed by atoms with Gasteiger partial charge >= 0.3 is 0 Å². The van der Waals surface area contributed by atoms with Crippen molar-refractivity contribution in [3.8, 4) is 0 Å². The van der Waals surface area contributed by atoms with Gasteiger partial charge in [0.05, 0.1) is 5.69 Å². The lowest BCUT2D eigenvalue weighted by atomic mass is 10.1. The summed E-state index contributed by atoms with van der Waals surface area (Å²) in [5.74, 6) is -0.0522. The third-order valence-corrected chi connectivity index (χ3v) is 3.48. The van der Waals surface area contributed by atoms with E-state index >= 15 is 0 Å². The molecule has 0 saturated carbocycles. The van der Waals surface area contributed by atoms with Crippen molar-refractivity contribution in [2.45, 2.75) is 26.4 Å². The van der Waals surface area contributed by atoms with Crippen molar-refractivity contribution in [2.24, 2.45) is 0 Å². The highest BCUT2D eigenvalue weighted by molar-refractivity contribution is 5.88. The molecule has 1 N–H and O–H groups in total. The lowest BCUT2D eigenvalue weighted by Gasteiger charge is -2.24.